The Hall–Kier alpha value is -0.840. The number of halogens is 2. The average molecular weight is 301 g/mol. The van der Waals surface area contributed by atoms with E-state index >= 15 is 0 Å². The molecule has 5 heteroatoms. The predicted octanol–water partition coefficient (Wildman–Crippen LogP) is 3.18. The summed E-state index contributed by atoms with van der Waals surface area (Å²) < 4.78 is 14.3. The smallest absolute Gasteiger partial charge is 0.141 e. The molecule has 2 rings (SSSR count). The Bertz CT molecular complexity index is 481. The molecule has 1 aromatic carbocycles. The molecule has 0 bridgehead atoms. The first-order chi connectivity index (χ1) is 9.32. The lowest BCUT2D eigenvalue weighted by Crippen LogP contribution is -2.48. The molecular weight excluding hydrogens is 279 g/mol. The molecule has 0 spiro atoms. The first kappa shape index (κ1) is 15.5. The number of aromatic hydroxyl groups is 1. The Kier molecular flexibility index (Phi) is 4.57. The highest BCUT2D eigenvalue weighted by Crippen LogP contribution is 2.44. The number of nitrogens with zero attached hydrogens (tertiary/aromatic N) is 1. The van der Waals surface area contributed by atoms with Crippen molar-refractivity contribution < 1.29 is 9.50 Å². The molecule has 0 saturated carbocycles. The van der Waals surface area contributed by atoms with Gasteiger partial charge in [0.1, 0.15) is 11.6 Å². The third kappa shape index (κ3) is 3.08. The Morgan fingerprint density at radius 3 is 2.45 bits per heavy atom. The zero-order chi connectivity index (χ0) is 14.9. The molecule has 1 aromatic rings. The number of phenolic OH excluding ortho intramolecular Hbond substituents is 1. The van der Waals surface area contributed by atoms with E-state index in [1.54, 1.807) is 0 Å². The van der Waals surface area contributed by atoms with Crippen molar-refractivity contribution in [1.82, 2.24) is 10.2 Å². The number of benzene rings is 1. The SMILES string of the molecule is CC(C)(C)[C@@H](c1c(F)ccc(Cl)c1O)N1CCNCC1. The molecule has 0 aromatic heterocycles. The molecule has 0 unspecified atom stereocenters. The van der Waals surface area contributed by atoms with Gasteiger partial charge in [-0.25, -0.2) is 4.39 Å². The summed E-state index contributed by atoms with van der Waals surface area (Å²) in [5.41, 5.74) is 0.104. The summed E-state index contributed by atoms with van der Waals surface area (Å²) in [6.45, 7) is 9.56. The van der Waals surface area contributed by atoms with Crippen molar-refractivity contribution in [3.63, 3.8) is 0 Å². The van der Waals surface area contributed by atoms with Gasteiger partial charge in [-0.3, -0.25) is 4.90 Å². The largest absolute Gasteiger partial charge is 0.506 e. The molecule has 0 radical (unpaired) electrons. The summed E-state index contributed by atoms with van der Waals surface area (Å²) in [7, 11) is 0. The van der Waals surface area contributed by atoms with Crippen LogP contribution in [0.4, 0.5) is 4.39 Å². The molecule has 1 heterocycles. The van der Waals surface area contributed by atoms with Crippen LogP contribution >= 0.6 is 11.6 Å². The van der Waals surface area contributed by atoms with E-state index in [1.165, 1.54) is 12.1 Å². The summed E-state index contributed by atoms with van der Waals surface area (Å²) in [5.74, 6) is -0.532. The van der Waals surface area contributed by atoms with Gasteiger partial charge in [0.05, 0.1) is 5.02 Å². The Labute approximate surface area is 124 Å². The maximum absolute atomic E-state index is 14.3. The molecule has 0 amide bonds. The molecule has 20 heavy (non-hydrogen) atoms. The highest BCUT2D eigenvalue weighted by Gasteiger charge is 2.36. The second-order valence-electron chi connectivity index (χ2n) is 6.35. The zero-order valence-electron chi connectivity index (χ0n) is 12.2. The second-order valence-corrected chi connectivity index (χ2v) is 6.75. The van der Waals surface area contributed by atoms with E-state index in [9.17, 15) is 9.50 Å². The van der Waals surface area contributed by atoms with Crippen LogP contribution in [0, 0.1) is 11.2 Å². The predicted molar refractivity (Wildman–Crippen MR) is 79.7 cm³/mol. The van der Waals surface area contributed by atoms with Crippen LogP contribution in [-0.2, 0) is 0 Å². The van der Waals surface area contributed by atoms with Crippen LogP contribution in [0.2, 0.25) is 5.02 Å². The maximum atomic E-state index is 14.3. The topological polar surface area (TPSA) is 35.5 Å². The van der Waals surface area contributed by atoms with Crippen molar-refractivity contribution in [2.24, 2.45) is 5.41 Å². The van der Waals surface area contributed by atoms with Gasteiger partial charge >= 0.3 is 0 Å². The fourth-order valence-electron chi connectivity index (χ4n) is 2.92. The van der Waals surface area contributed by atoms with Crippen molar-refractivity contribution in [2.75, 3.05) is 26.2 Å². The fourth-order valence-corrected chi connectivity index (χ4v) is 3.09. The standard InChI is InChI=1S/C15H22ClFN2O/c1-15(2,3)14(19-8-6-18-7-9-19)12-11(17)5-4-10(16)13(12)20/h4-5,14,18,20H,6-9H2,1-3H3/t14-/m1/s1. The normalized spacial score (nSPS) is 19.1. The Balaban J connectivity index is 2.49. The molecule has 1 aliphatic heterocycles. The molecule has 3 nitrogen and oxygen atoms in total. The minimum absolute atomic E-state index is 0.134. The van der Waals surface area contributed by atoms with Crippen LogP contribution in [0.15, 0.2) is 12.1 Å². The number of hydrogen-bond acceptors (Lipinski definition) is 3. The van der Waals surface area contributed by atoms with Crippen LogP contribution in [0.3, 0.4) is 0 Å². The minimum Gasteiger partial charge on any atom is -0.506 e. The van der Waals surface area contributed by atoms with Gasteiger partial charge in [-0.05, 0) is 17.5 Å². The molecule has 2 N–H and O–H groups in total. The summed E-state index contributed by atoms with van der Waals surface area (Å²) in [6.07, 6.45) is 0. The maximum Gasteiger partial charge on any atom is 0.141 e. The average Bonchev–Trinajstić information content (AvgIpc) is 2.39. The van der Waals surface area contributed by atoms with E-state index in [4.69, 9.17) is 11.6 Å². The van der Waals surface area contributed by atoms with Crippen LogP contribution in [0.5, 0.6) is 5.75 Å². The van der Waals surface area contributed by atoms with Crippen molar-refractivity contribution in [3.05, 3.63) is 28.5 Å². The summed E-state index contributed by atoms with van der Waals surface area (Å²) in [6, 6.07) is 2.52. The third-order valence-electron chi connectivity index (χ3n) is 3.73. The fraction of sp³-hybridized carbons (Fsp3) is 0.600. The van der Waals surface area contributed by atoms with Gasteiger partial charge in [0.2, 0.25) is 0 Å². The first-order valence-corrected chi connectivity index (χ1v) is 7.32. The van der Waals surface area contributed by atoms with Gasteiger partial charge in [-0.2, -0.15) is 0 Å². The quantitative estimate of drug-likeness (QED) is 0.880. The molecule has 1 fully saturated rings. The lowest BCUT2D eigenvalue weighted by molar-refractivity contribution is 0.0813. The Morgan fingerprint density at radius 1 is 1.30 bits per heavy atom. The van der Waals surface area contributed by atoms with Crippen LogP contribution in [0.1, 0.15) is 32.4 Å². The highest BCUT2D eigenvalue weighted by molar-refractivity contribution is 6.32. The molecular formula is C15H22ClFN2O. The summed E-state index contributed by atoms with van der Waals surface area (Å²) in [4.78, 5) is 2.21. The number of nitrogens with one attached hydrogen (secondary N) is 1. The van der Waals surface area contributed by atoms with Crippen molar-refractivity contribution in [2.45, 2.75) is 26.8 Å². The number of phenols is 1. The monoisotopic (exact) mass is 300 g/mol. The van der Waals surface area contributed by atoms with Crippen molar-refractivity contribution in [1.29, 1.82) is 0 Å². The second kappa shape index (κ2) is 5.88. The lowest BCUT2D eigenvalue weighted by Gasteiger charge is -2.42. The van der Waals surface area contributed by atoms with Gasteiger partial charge in [0.25, 0.3) is 0 Å². The summed E-state index contributed by atoms with van der Waals surface area (Å²) in [5, 5.41) is 13.7. The van der Waals surface area contributed by atoms with Crippen molar-refractivity contribution >= 4 is 11.6 Å². The number of piperazine rings is 1. The van der Waals surface area contributed by atoms with E-state index in [0.29, 0.717) is 5.56 Å². The zero-order valence-corrected chi connectivity index (χ0v) is 13.0. The van der Waals surface area contributed by atoms with Gasteiger partial charge in [0.15, 0.2) is 0 Å². The molecule has 1 atom stereocenters. The van der Waals surface area contributed by atoms with E-state index < -0.39 is 5.82 Å². The summed E-state index contributed by atoms with van der Waals surface area (Å²) >= 11 is 5.97. The number of rotatable bonds is 2. The molecule has 0 aliphatic carbocycles. The third-order valence-corrected chi connectivity index (χ3v) is 4.03. The minimum atomic E-state index is -0.398. The van der Waals surface area contributed by atoms with E-state index in [2.05, 4.69) is 31.0 Å². The van der Waals surface area contributed by atoms with Gasteiger partial charge in [-0.15, -0.1) is 0 Å². The molecule has 1 aliphatic rings. The number of hydrogen-bond donors (Lipinski definition) is 2. The van der Waals surface area contributed by atoms with Crippen LogP contribution < -0.4 is 5.32 Å². The van der Waals surface area contributed by atoms with E-state index in [1.807, 2.05) is 0 Å². The van der Waals surface area contributed by atoms with Crippen molar-refractivity contribution in [3.8, 4) is 5.75 Å². The van der Waals surface area contributed by atoms with Gasteiger partial charge in [0, 0.05) is 37.8 Å². The molecule has 112 valence electrons. The van der Waals surface area contributed by atoms with Gasteiger partial charge in [-0.1, -0.05) is 32.4 Å². The first-order valence-electron chi connectivity index (χ1n) is 6.94. The molecule has 1 saturated heterocycles. The van der Waals surface area contributed by atoms with E-state index in [0.717, 1.165) is 26.2 Å². The van der Waals surface area contributed by atoms with Crippen LogP contribution in [-0.4, -0.2) is 36.2 Å². The Morgan fingerprint density at radius 2 is 1.90 bits per heavy atom. The van der Waals surface area contributed by atoms with Crippen LogP contribution in [0.25, 0.3) is 0 Å². The van der Waals surface area contributed by atoms with E-state index in [-0.39, 0.29) is 22.2 Å². The van der Waals surface area contributed by atoms with Gasteiger partial charge < -0.3 is 10.4 Å². The highest BCUT2D eigenvalue weighted by atomic mass is 35.5. The lowest BCUT2D eigenvalue weighted by atomic mass is 9.80.